The Balaban J connectivity index is 2.03. The van der Waals surface area contributed by atoms with Crippen LogP contribution >= 0.6 is 0 Å². The average molecular weight is 293 g/mol. The van der Waals surface area contributed by atoms with E-state index in [0.717, 1.165) is 5.56 Å². The van der Waals surface area contributed by atoms with E-state index in [-0.39, 0.29) is 24.3 Å². The molecule has 6 nitrogen and oxygen atoms in total. The molecule has 1 heterocycles. The third-order valence-corrected chi connectivity index (χ3v) is 3.41. The third-order valence-electron chi connectivity index (χ3n) is 3.41. The van der Waals surface area contributed by atoms with E-state index in [1.807, 2.05) is 18.2 Å². The van der Waals surface area contributed by atoms with Gasteiger partial charge in [0.05, 0.1) is 5.92 Å². The van der Waals surface area contributed by atoms with Crippen molar-refractivity contribution in [3.63, 3.8) is 0 Å². The highest BCUT2D eigenvalue weighted by atomic mass is 16.7. The lowest BCUT2D eigenvalue weighted by Crippen LogP contribution is -2.39. The van der Waals surface area contributed by atoms with Crippen LogP contribution in [0.25, 0.3) is 0 Å². The van der Waals surface area contributed by atoms with Crippen molar-refractivity contribution in [1.82, 2.24) is 5.32 Å². The molecule has 1 unspecified atom stereocenters. The second-order valence-electron chi connectivity index (χ2n) is 4.79. The molecular weight excluding hydrogens is 274 g/mol. The number of nitrogens with one attached hydrogen (secondary N) is 1. The zero-order valence-corrected chi connectivity index (χ0v) is 12.1. The lowest BCUT2D eigenvalue weighted by Gasteiger charge is -2.21. The molecule has 1 aliphatic rings. The Bertz CT molecular complexity index is 513. The predicted octanol–water partition coefficient (Wildman–Crippen LogP) is 1.20. The molecule has 0 bridgehead atoms. The minimum absolute atomic E-state index is 0.216. The summed E-state index contributed by atoms with van der Waals surface area (Å²) in [7, 11) is 3.08. The summed E-state index contributed by atoms with van der Waals surface area (Å²) in [5.74, 6) is -0.148. The SMILES string of the molecule is COC(COc1cccc(C2CCC(=O)NC2=O)c1)OC. The van der Waals surface area contributed by atoms with Crippen molar-refractivity contribution in [3.8, 4) is 5.75 Å². The van der Waals surface area contributed by atoms with Gasteiger partial charge in [0.2, 0.25) is 11.8 Å². The highest BCUT2D eigenvalue weighted by Crippen LogP contribution is 2.27. The van der Waals surface area contributed by atoms with Crippen LogP contribution in [0.15, 0.2) is 24.3 Å². The van der Waals surface area contributed by atoms with Crippen LogP contribution in [-0.4, -0.2) is 38.9 Å². The predicted molar refractivity (Wildman–Crippen MR) is 74.9 cm³/mol. The fourth-order valence-electron chi connectivity index (χ4n) is 2.23. The number of amides is 2. The second kappa shape index (κ2) is 7.19. The second-order valence-corrected chi connectivity index (χ2v) is 4.79. The van der Waals surface area contributed by atoms with E-state index in [0.29, 0.717) is 18.6 Å². The Morgan fingerprint density at radius 2 is 2.05 bits per heavy atom. The Labute approximate surface area is 123 Å². The molecule has 1 aliphatic heterocycles. The van der Waals surface area contributed by atoms with Gasteiger partial charge in [-0.3, -0.25) is 14.9 Å². The first-order valence-electron chi connectivity index (χ1n) is 6.76. The molecule has 21 heavy (non-hydrogen) atoms. The summed E-state index contributed by atoms with van der Waals surface area (Å²) in [6.07, 6.45) is 0.438. The molecule has 0 radical (unpaired) electrons. The highest BCUT2D eigenvalue weighted by Gasteiger charge is 2.28. The van der Waals surface area contributed by atoms with E-state index < -0.39 is 6.29 Å². The first-order chi connectivity index (χ1) is 10.1. The van der Waals surface area contributed by atoms with Gasteiger partial charge >= 0.3 is 0 Å². The number of piperidine rings is 1. The summed E-state index contributed by atoms with van der Waals surface area (Å²) in [5.41, 5.74) is 0.837. The molecule has 1 aromatic rings. The lowest BCUT2D eigenvalue weighted by molar-refractivity contribution is -0.134. The highest BCUT2D eigenvalue weighted by molar-refractivity contribution is 6.00. The van der Waals surface area contributed by atoms with Gasteiger partial charge in [0.1, 0.15) is 12.4 Å². The van der Waals surface area contributed by atoms with E-state index in [1.165, 1.54) is 14.2 Å². The molecule has 1 atom stereocenters. The Morgan fingerprint density at radius 1 is 1.29 bits per heavy atom. The first-order valence-corrected chi connectivity index (χ1v) is 6.76. The minimum atomic E-state index is -0.441. The van der Waals surface area contributed by atoms with Gasteiger partial charge in [-0.15, -0.1) is 0 Å². The molecule has 114 valence electrons. The smallest absolute Gasteiger partial charge is 0.234 e. The first kappa shape index (κ1) is 15.5. The monoisotopic (exact) mass is 293 g/mol. The van der Waals surface area contributed by atoms with Gasteiger partial charge in [0.25, 0.3) is 0 Å². The number of hydrogen-bond acceptors (Lipinski definition) is 5. The zero-order valence-electron chi connectivity index (χ0n) is 12.1. The molecule has 2 rings (SSSR count). The van der Waals surface area contributed by atoms with Crippen molar-refractivity contribution in [2.75, 3.05) is 20.8 Å². The van der Waals surface area contributed by atoms with E-state index in [4.69, 9.17) is 14.2 Å². The maximum atomic E-state index is 11.9. The number of methoxy groups -OCH3 is 2. The summed E-state index contributed by atoms with van der Waals surface area (Å²) in [6, 6.07) is 7.29. The van der Waals surface area contributed by atoms with Gasteiger partial charge in [-0.2, -0.15) is 0 Å². The maximum Gasteiger partial charge on any atom is 0.234 e. The third kappa shape index (κ3) is 4.03. The molecular formula is C15H19NO5. The topological polar surface area (TPSA) is 73.9 Å². The number of imide groups is 1. The molecule has 1 fully saturated rings. The van der Waals surface area contributed by atoms with Crippen molar-refractivity contribution in [2.45, 2.75) is 25.0 Å². The number of ether oxygens (including phenoxy) is 3. The fraction of sp³-hybridized carbons (Fsp3) is 0.467. The number of carbonyl (C=O) groups is 2. The number of hydrogen-bond donors (Lipinski definition) is 1. The zero-order chi connectivity index (χ0) is 15.2. The van der Waals surface area contributed by atoms with Gasteiger partial charge in [-0.05, 0) is 24.1 Å². The van der Waals surface area contributed by atoms with Gasteiger partial charge in [-0.1, -0.05) is 12.1 Å². The molecule has 1 saturated heterocycles. The van der Waals surface area contributed by atoms with E-state index in [9.17, 15) is 9.59 Å². The van der Waals surface area contributed by atoms with E-state index in [2.05, 4.69) is 5.32 Å². The average Bonchev–Trinajstić information content (AvgIpc) is 2.48. The quantitative estimate of drug-likeness (QED) is 0.630. The van der Waals surface area contributed by atoms with Gasteiger partial charge in [0.15, 0.2) is 6.29 Å². The van der Waals surface area contributed by atoms with Crippen LogP contribution in [0.3, 0.4) is 0 Å². The van der Waals surface area contributed by atoms with Crippen LogP contribution in [0, 0.1) is 0 Å². The molecule has 0 spiro atoms. The van der Waals surface area contributed by atoms with Crippen LogP contribution < -0.4 is 10.1 Å². The molecule has 1 N–H and O–H groups in total. The summed E-state index contributed by atoms with van der Waals surface area (Å²) in [6.45, 7) is 0.256. The normalized spacial score (nSPS) is 18.7. The Kier molecular flexibility index (Phi) is 5.30. The lowest BCUT2D eigenvalue weighted by atomic mass is 9.90. The minimum Gasteiger partial charge on any atom is -0.488 e. The largest absolute Gasteiger partial charge is 0.488 e. The van der Waals surface area contributed by atoms with Crippen LogP contribution in [0.5, 0.6) is 5.75 Å². The van der Waals surface area contributed by atoms with Crippen LogP contribution in [0.4, 0.5) is 0 Å². The molecule has 6 heteroatoms. The molecule has 0 saturated carbocycles. The van der Waals surface area contributed by atoms with E-state index in [1.54, 1.807) is 6.07 Å². The van der Waals surface area contributed by atoms with Crippen LogP contribution in [0.2, 0.25) is 0 Å². The van der Waals surface area contributed by atoms with Gasteiger partial charge < -0.3 is 14.2 Å². The Morgan fingerprint density at radius 3 is 2.71 bits per heavy atom. The Hall–Kier alpha value is -1.92. The van der Waals surface area contributed by atoms with Crippen molar-refractivity contribution >= 4 is 11.8 Å². The maximum absolute atomic E-state index is 11.9. The van der Waals surface area contributed by atoms with Gasteiger partial charge in [-0.25, -0.2) is 0 Å². The fourth-order valence-corrected chi connectivity index (χ4v) is 2.23. The van der Waals surface area contributed by atoms with Crippen molar-refractivity contribution in [3.05, 3.63) is 29.8 Å². The molecule has 2 amide bonds. The van der Waals surface area contributed by atoms with Crippen molar-refractivity contribution in [1.29, 1.82) is 0 Å². The standard InChI is InChI=1S/C15H19NO5/c1-19-14(20-2)9-21-11-5-3-4-10(8-11)12-6-7-13(17)16-15(12)18/h3-5,8,12,14H,6-7,9H2,1-2H3,(H,16,17,18). The van der Waals surface area contributed by atoms with Crippen molar-refractivity contribution < 1.29 is 23.8 Å². The van der Waals surface area contributed by atoms with Crippen LogP contribution in [0.1, 0.15) is 24.3 Å². The van der Waals surface area contributed by atoms with Crippen LogP contribution in [-0.2, 0) is 19.1 Å². The van der Waals surface area contributed by atoms with Crippen molar-refractivity contribution in [2.24, 2.45) is 0 Å². The summed E-state index contributed by atoms with van der Waals surface area (Å²) in [4.78, 5) is 23.0. The number of rotatable bonds is 6. The summed E-state index contributed by atoms with van der Waals surface area (Å²) < 4.78 is 15.7. The molecule has 1 aromatic carbocycles. The summed E-state index contributed by atoms with van der Waals surface area (Å²) in [5, 5.41) is 2.36. The summed E-state index contributed by atoms with van der Waals surface area (Å²) >= 11 is 0. The number of carbonyl (C=O) groups excluding carboxylic acids is 2. The molecule has 0 aromatic heterocycles. The van der Waals surface area contributed by atoms with Gasteiger partial charge in [0, 0.05) is 20.6 Å². The molecule has 0 aliphatic carbocycles. The van der Waals surface area contributed by atoms with E-state index >= 15 is 0 Å². The number of benzene rings is 1.